The van der Waals surface area contributed by atoms with Gasteiger partial charge in [0, 0.05) is 34.3 Å². The van der Waals surface area contributed by atoms with Crippen LogP contribution in [0.4, 0.5) is 5.82 Å². The van der Waals surface area contributed by atoms with Gasteiger partial charge in [-0.25, -0.2) is 4.98 Å². The van der Waals surface area contributed by atoms with Crippen molar-refractivity contribution in [3.8, 4) is 0 Å². The summed E-state index contributed by atoms with van der Waals surface area (Å²) in [5.74, 6) is 1.71. The molecule has 1 aromatic heterocycles. The van der Waals surface area contributed by atoms with Crippen LogP contribution in [0.15, 0.2) is 53.5 Å². The summed E-state index contributed by atoms with van der Waals surface area (Å²) in [6.45, 7) is 4.21. The SMILES string of the molecule is CN=C(NCCCOC(C)c1ccccc1)NCc1cccc(N(C)C)n1. The van der Waals surface area contributed by atoms with E-state index >= 15 is 0 Å². The number of pyridine rings is 1. The van der Waals surface area contributed by atoms with Crippen molar-refractivity contribution in [2.45, 2.75) is 26.0 Å². The topological polar surface area (TPSA) is 61.8 Å². The monoisotopic (exact) mass is 369 g/mol. The van der Waals surface area contributed by atoms with Gasteiger partial charge in [-0.05, 0) is 31.0 Å². The third-order valence-corrected chi connectivity index (χ3v) is 4.16. The number of anilines is 1. The number of hydrogen-bond donors (Lipinski definition) is 2. The molecule has 6 heteroatoms. The van der Waals surface area contributed by atoms with Crippen LogP contribution in [0, 0.1) is 0 Å². The Morgan fingerprint density at radius 1 is 1.11 bits per heavy atom. The Morgan fingerprint density at radius 2 is 1.89 bits per heavy atom. The first-order valence-corrected chi connectivity index (χ1v) is 9.34. The van der Waals surface area contributed by atoms with Crippen LogP contribution in [0.25, 0.3) is 0 Å². The Balaban J connectivity index is 1.66. The maximum Gasteiger partial charge on any atom is 0.191 e. The molecule has 0 radical (unpaired) electrons. The fraction of sp³-hybridized carbons (Fsp3) is 0.429. The van der Waals surface area contributed by atoms with Gasteiger partial charge in [0.15, 0.2) is 5.96 Å². The van der Waals surface area contributed by atoms with Gasteiger partial charge in [-0.15, -0.1) is 0 Å². The number of aromatic nitrogens is 1. The van der Waals surface area contributed by atoms with Gasteiger partial charge in [0.25, 0.3) is 0 Å². The number of ether oxygens (including phenoxy) is 1. The summed E-state index contributed by atoms with van der Waals surface area (Å²) in [5.41, 5.74) is 2.18. The van der Waals surface area contributed by atoms with Gasteiger partial charge in [0.1, 0.15) is 5.82 Å². The molecule has 0 amide bonds. The van der Waals surface area contributed by atoms with E-state index < -0.39 is 0 Å². The molecule has 0 spiro atoms. The normalized spacial score (nSPS) is 12.5. The molecular formula is C21H31N5O. The second-order valence-electron chi connectivity index (χ2n) is 6.51. The van der Waals surface area contributed by atoms with Crippen LogP contribution < -0.4 is 15.5 Å². The molecule has 6 nitrogen and oxygen atoms in total. The molecule has 0 saturated carbocycles. The summed E-state index contributed by atoms with van der Waals surface area (Å²) in [5, 5.41) is 6.61. The second kappa shape index (κ2) is 11.2. The van der Waals surface area contributed by atoms with Crippen molar-refractivity contribution in [2.75, 3.05) is 39.2 Å². The first kappa shape index (κ1) is 20.7. The maximum atomic E-state index is 5.89. The highest BCUT2D eigenvalue weighted by Crippen LogP contribution is 2.15. The van der Waals surface area contributed by atoms with Crippen molar-refractivity contribution in [2.24, 2.45) is 4.99 Å². The molecule has 1 aromatic carbocycles. The van der Waals surface area contributed by atoms with E-state index in [0.717, 1.165) is 30.4 Å². The van der Waals surface area contributed by atoms with E-state index in [0.29, 0.717) is 13.2 Å². The quantitative estimate of drug-likeness (QED) is 0.404. The summed E-state index contributed by atoms with van der Waals surface area (Å²) in [6.07, 6.45) is 1.02. The Hall–Kier alpha value is -2.60. The minimum atomic E-state index is 0.110. The zero-order valence-electron chi connectivity index (χ0n) is 16.8. The number of nitrogens with zero attached hydrogens (tertiary/aromatic N) is 3. The highest BCUT2D eigenvalue weighted by Gasteiger charge is 2.05. The predicted octanol–water partition coefficient (Wildman–Crippen LogP) is 2.98. The number of hydrogen-bond acceptors (Lipinski definition) is 4. The molecule has 0 aliphatic carbocycles. The lowest BCUT2D eigenvalue weighted by Gasteiger charge is -2.15. The highest BCUT2D eigenvalue weighted by atomic mass is 16.5. The Morgan fingerprint density at radius 3 is 2.59 bits per heavy atom. The lowest BCUT2D eigenvalue weighted by atomic mass is 10.1. The van der Waals surface area contributed by atoms with Crippen LogP contribution in [0.5, 0.6) is 0 Å². The maximum absolute atomic E-state index is 5.89. The summed E-state index contributed by atoms with van der Waals surface area (Å²) in [7, 11) is 5.74. The van der Waals surface area contributed by atoms with E-state index in [9.17, 15) is 0 Å². The van der Waals surface area contributed by atoms with E-state index in [4.69, 9.17) is 4.74 Å². The lowest BCUT2D eigenvalue weighted by Crippen LogP contribution is -2.37. The van der Waals surface area contributed by atoms with E-state index in [1.165, 1.54) is 5.56 Å². The smallest absolute Gasteiger partial charge is 0.191 e. The van der Waals surface area contributed by atoms with Gasteiger partial charge in [-0.3, -0.25) is 4.99 Å². The van der Waals surface area contributed by atoms with E-state index in [1.807, 2.05) is 55.4 Å². The van der Waals surface area contributed by atoms with Gasteiger partial charge in [0.05, 0.1) is 18.3 Å². The van der Waals surface area contributed by atoms with Gasteiger partial charge < -0.3 is 20.3 Å². The Labute approximate surface area is 162 Å². The molecule has 0 saturated heterocycles. The van der Waals surface area contributed by atoms with Crippen LogP contribution in [0.1, 0.15) is 30.7 Å². The molecule has 27 heavy (non-hydrogen) atoms. The van der Waals surface area contributed by atoms with E-state index in [-0.39, 0.29) is 6.10 Å². The molecule has 2 rings (SSSR count). The van der Waals surface area contributed by atoms with Crippen LogP contribution in [-0.4, -0.2) is 45.2 Å². The van der Waals surface area contributed by atoms with Crippen molar-refractivity contribution in [1.82, 2.24) is 15.6 Å². The molecule has 0 fully saturated rings. The van der Waals surface area contributed by atoms with E-state index in [2.05, 4.69) is 39.7 Å². The average molecular weight is 370 g/mol. The Kier molecular flexibility index (Phi) is 8.58. The van der Waals surface area contributed by atoms with Gasteiger partial charge in [-0.2, -0.15) is 0 Å². The zero-order chi connectivity index (χ0) is 19.5. The van der Waals surface area contributed by atoms with Crippen molar-refractivity contribution < 1.29 is 4.74 Å². The van der Waals surface area contributed by atoms with Crippen LogP contribution in [0.3, 0.4) is 0 Å². The zero-order valence-corrected chi connectivity index (χ0v) is 16.8. The summed E-state index contributed by atoms with van der Waals surface area (Å²) in [6, 6.07) is 16.3. The van der Waals surface area contributed by atoms with E-state index in [1.54, 1.807) is 7.05 Å². The van der Waals surface area contributed by atoms with Crippen LogP contribution in [0.2, 0.25) is 0 Å². The molecule has 2 N–H and O–H groups in total. The molecule has 0 bridgehead atoms. The number of benzene rings is 1. The molecular weight excluding hydrogens is 338 g/mol. The largest absolute Gasteiger partial charge is 0.374 e. The summed E-state index contributed by atoms with van der Waals surface area (Å²) < 4.78 is 5.89. The van der Waals surface area contributed by atoms with Crippen molar-refractivity contribution in [3.05, 3.63) is 59.8 Å². The number of rotatable bonds is 9. The third-order valence-electron chi connectivity index (χ3n) is 4.16. The van der Waals surface area contributed by atoms with Crippen LogP contribution in [-0.2, 0) is 11.3 Å². The summed E-state index contributed by atoms with van der Waals surface area (Å²) >= 11 is 0. The molecule has 2 aromatic rings. The van der Waals surface area contributed by atoms with Gasteiger partial charge in [0.2, 0.25) is 0 Å². The lowest BCUT2D eigenvalue weighted by molar-refractivity contribution is 0.0646. The third kappa shape index (κ3) is 7.27. The first-order chi connectivity index (χ1) is 13.1. The fourth-order valence-electron chi connectivity index (χ4n) is 2.57. The molecule has 0 aliphatic rings. The molecule has 146 valence electrons. The molecule has 1 atom stereocenters. The number of aliphatic imine (C=N–C) groups is 1. The van der Waals surface area contributed by atoms with Crippen molar-refractivity contribution >= 4 is 11.8 Å². The predicted molar refractivity (Wildman–Crippen MR) is 112 cm³/mol. The Bertz CT molecular complexity index is 703. The van der Waals surface area contributed by atoms with Crippen LogP contribution >= 0.6 is 0 Å². The second-order valence-corrected chi connectivity index (χ2v) is 6.51. The first-order valence-electron chi connectivity index (χ1n) is 9.34. The standard InChI is InChI=1S/C21H31N5O/c1-17(18-10-6-5-7-11-18)27-15-9-14-23-21(22-2)24-16-19-12-8-13-20(25-19)26(3)4/h5-8,10-13,17H,9,14-16H2,1-4H3,(H2,22,23,24). The number of guanidine groups is 1. The minimum absolute atomic E-state index is 0.110. The van der Waals surface area contributed by atoms with Gasteiger partial charge in [-0.1, -0.05) is 36.4 Å². The van der Waals surface area contributed by atoms with Crippen molar-refractivity contribution in [3.63, 3.8) is 0 Å². The minimum Gasteiger partial charge on any atom is -0.374 e. The highest BCUT2D eigenvalue weighted by molar-refractivity contribution is 5.79. The molecule has 1 heterocycles. The summed E-state index contributed by atoms with van der Waals surface area (Å²) in [4.78, 5) is 10.8. The van der Waals surface area contributed by atoms with Crippen molar-refractivity contribution in [1.29, 1.82) is 0 Å². The number of nitrogens with one attached hydrogen (secondary N) is 2. The average Bonchev–Trinajstić information content (AvgIpc) is 2.70. The molecule has 1 unspecified atom stereocenters. The fourth-order valence-corrected chi connectivity index (χ4v) is 2.57. The molecule has 0 aliphatic heterocycles. The van der Waals surface area contributed by atoms with Gasteiger partial charge >= 0.3 is 0 Å².